The van der Waals surface area contributed by atoms with Gasteiger partial charge >= 0.3 is 0 Å². The first-order chi connectivity index (χ1) is 11.2. The molecule has 4 nitrogen and oxygen atoms in total. The summed E-state index contributed by atoms with van der Waals surface area (Å²) in [5.74, 6) is 0.566. The van der Waals surface area contributed by atoms with Crippen molar-refractivity contribution in [1.82, 2.24) is 9.88 Å². The fourth-order valence-corrected chi connectivity index (χ4v) is 3.73. The monoisotopic (exact) mass is 325 g/mol. The van der Waals surface area contributed by atoms with E-state index in [2.05, 4.69) is 11.6 Å². The molecule has 1 aliphatic rings. The molecule has 0 radical (unpaired) electrons. The van der Waals surface area contributed by atoms with Gasteiger partial charge in [-0.2, -0.15) is 0 Å². The fourth-order valence-electron chi connectivity index (χ4n) is 2.85. The number of hydrogen-bond acceptors (Lipinski definition) is 4. The molecule has 1 aliphatic heterocycles. The van der Waals surface area contributed by atoms with E-state index in [0.29, 0.717) is 23.0 Å². The number of aliphatic hydroxyl groups is 1. The first kappa shape index (κ1) is 15.5. The highest BCUT2D eigenvalue weighted by molar-refractivity contribution is 7.11. The second-order valence-corrected chi connectivity index (χ2v) is 6.24. The highest BCUT2D eigenvalue weighted by Gasteiger charge is 2.37. The predicted molar refractivity (Wildman–Crippen MR) is 95.8 cm³/mol. The molecule has 0 amide bonds. The average molecular weight is 325 g/mol. The van der Waals surface area contributed by atoms with Gasteiger partial charge in [0.2, 0.25) is 0 Å². The van der Waals surface area contributed by atoms with E-state index in [-0.39, 0.29) is 11.8 Å². The first-order valence-corrected chi connectivity index (χ1v) is 8.46. The molecule has 2 N–H and O–H groups in total. The van der Waals surface area contributed by atoms with E-state index in [4.69, 9.17) is 5.41 Å². The number of hydrogen-bond donors (Lipinski definition) is 2. The van der Waals surface area contributed by atoms with E-state index in [1.807, 2.05) is 47.5 Å². The van der Waals surface area contributed by atoms with Gasteiger partial charge in [0.1, 0.15) is 16.6 Å². The number of aliphatic hydroxyl groups excluding tert-OH is 1. The molecule has 3 rings (SSSR count). The van der Waals surface area contributed by atoms with Crippen LogP contribution in [0.4, 0.5) is 0 Å². The SMILES string of the molecule is C=CCN1C(=N)C(c2nc(-c3ccccc3)cs2)=C(O)C1CC. The van der Waals surface area contributed by atoms with Gasteiger partial charge in [0.05, 0.1) is 17.3 Å². The molecule has 1 aromatic heterocycles. The lowest BCUT2D eigenvalue weighted by Gasteiger charge is -2.24. The van der Waals surface area contributed by atoms with E-state index in [1.165, 1.54) is 11.3 Å². The van der Waals surface area contributed by atoms with Crippen LogP contribution in [0.5, 0.6) is 0 Å². The minimum absolute atomic E-state index is 0.167. The molecule has 23 heavy (non-hydrogen) atoms. The van der Waals surface area contributed by atoms with Crippen LogP contribution in [-0.4, -0.2) is 33.4 Å². The highest BCUT2D eigenvalue weighted by atomic mass is 32.1. The molecule has 0 aliphatic carbocycles. The molecule has 2 heterocycles. The molecule has 0 bridgehead atoms. The van der Waals surface area contributed by atoms with Crippen LogP contribution in [0.15, 0.2) is 54.1 Å². The Bertz CT molecular complexity index is 764. The Labute approximate surface area is 139 Å². The smallest absolute Gasteiger partial charge is 0.135 e. The number of thiazole rings is 1. The summed E-state index contributed by atoms with van der Waals surface area (Å²) in [6, 6.07) is 9.76. The van der Waals surface area contributed by atoms with Gasteiger partial charge in [-0.25, -0.2) is 4.98 Å². The van der Waals surface area contributed by atoms with E-state index < -0.39 is 0 Å². The first-order valence-electron chi connectivity index (χ1n) is 7.58. The lowest BCUT2D eigenvalue weighted by atomic mass is 10.1. The summed E-state index contributed by atoms with van der Waals surface area (Å²) in [5, 5.41) is 21.6. The number of aromatic nitrogens is 1. The van der Waals surface area contributed by atoms with Gasteiger partial charge in [-0.1, -0.05) is 43.3 Å². The molecule has 1 atom stereocenters. The summed E-state index contributed by atoms with van der Waals surface area (Å²) in [7, 11) is 0. The summed E-state index contributed by atoms with van der Waals surface area (Å²) in [6.45, 7) is 6.29. The Morgan fingerprint density at radius 2 is 2.13 bits per heavy atom. The van der Waals surface area contributed by atoms with Crippen LogP contribution in [0.25, 0.3) is 16.8 Å². The lowest BCUT2D eigenvalue weighted by molar-refractivity contribution is 0.280. The Balaban J connectivity index is 1.98. The van der Waals surface area contributed by atoms with Crippen molar-refractivity contribution in [3.05, 3.63) is 59.1 Å². The highest BCUT2D eigenvalue weighted by Crippen LogP contribution is 2.35. The molecular formula is C18H19N3OS. The zero-order valence-corrected chi connectivity index (χ0v) is 13.8. The Morgan fingerprint density at radius 3 is 2.78 bits per heavy atom. The Hall–Kier alpha value is -2.40. The summed E-state index contributed by atoms with van der Waals surface area (Å²) in [5.41, 5.74) is 2.45. The number of nitrogens with zero attached hydrogens (tertiary/aromatic N) is 2. The number of amidine groups is 1. The van der Waals surface area contributed by atoms with E-state index >= 15 is 0 Å². The number of rotatable bonds is 5. The van der Waals surface area contributed by atoms with Crippen molar-refractivity contribution in [2.24, 2.45) is 0 Å². The van der Waals surface area contributed by atoms with Crippen molar-refractivity contribution in [2.45, 2.75) is 19.4 Å². The lowest BCUT2D eigenvalue weighted by Crippen LogP contribution is -2.34. The molecule has 0 saturated heterocycles. The van der Waals surface area contributed by atoms with Gasteiger partial charge in [-0.05, 0) is 6.42 Å². The van der Waals surface area contributed by atoms with Gasteiger partial charge in [-0.3, -0.25) is 5.41 Å². The van der Waals surface area contributed by atoms with Crippen molar-refractivity contribution in [3.63, 3.8) is 0 Å². The van der Waals surface area contributed by atoms with Gasteiger partial charge in [0.25, 0.3) is 0 Å². The molecule has 1 unspecified atom stereocenters. The zero-order valence-electron chi connectivity index (χ0n) is 13.0. The van der Waals surface area contributed by atoms with Crippen molar-refractivity contribution >= 4 is 22.7 Å². The van der Waals surface area contributed by atoms with E-state index in [9.17, 15) is 5.11 Å². The van der Waals surface area contributed by atoms with Crippen molar-refractivity contribution in [3.8, 4) is 11.3 Å². The van der Waals surface area contributed by atoms with Crippen LogP contribution >= 0.6 is 11.3 Å². The van der Waals surface area contributed by atoms with E-state index in [1.54, 1.807) is 6.08 Å². The van der Waals surface area contributed by atoms with Gasteiger partial charge in [-0.15, -0.1) is 17.9 Å². The standard InChI is InChI=1S/C18H19N3OS/c1-3-10-21-14(4-2)16(22)15(17(21)19)18-20-13(11-23-18)12-8-6-5-7-9-12/h3,5-9,11,14,19,22H,1,4,10H2,2H3. The normalized spacial score (nSPS) is 17.9. The van der Waals surface area contributed by atoms with Crippen LogP contribution in [0.2, 0.25) is 0 Å². The molecular weight excluding hydrogens is 306 g/mol. The largest absolute Gasteiger partial charge is 0.509 e. The predicted octanol–water partition coefficient (Wildman–Crippen LogP) is 4.34. The zero-order chi connectivity index (χ0) is 16.4. The maximum atomic E-state index is 10.6. The van der Waals surface area contributed by atoms with Crippen molar-refractivity contribution in [2.75, 3.05) is 6.54 Å². The third-order valence-corrected chi connectivity index (χ3v) is 4.83. The number of nitrogens with one attached hydrogen (secondary N) is 1. The molecule has 5 heteroatoms. The van der Waals surface area contributed by atoms with Gasteiger partial charge in [0, 0.05) is 17.5 Å². The molecule has 0 fully saturated rings. The minimum atomic E-state index is -0.167. The third kappa shape index (κ3) is 2.68. The van der Waals surface area contributed by atoms with Crippen LogP contribution in [0.1, 0.15) is 18.4 Å². The van der Waals surface area contributed by atoms with Gasteiger partial charge in [0.15, 0.2) is 0 Å². The third-order valence-electron chi connectivity index (χ3n) is 3.97. The second-order valence-electron chi connectivity index (χ2n) is 5.38. The summed E-state index contributed by atoms with van der Waals surface area (Å²) in [6.07, 6.45) is 2.49. The maximum absolute atomic E-state index is 10.6. The quantitative estimate of drug-likeness (QED) is 0.804. The van der Waals surface area contributed by atoms with Crippen LogP contribution in [-0.2, 0) is 0 Å². The topological polar surface area (TPSA) is 60.2 Å². The summed E-state index contributed by atoms with van der Waals surface area (Å²) in [4.78, 5) is 6.50. The van der Waals surface area contributed by atoms with Crippen LogP contribution in [0.3, 0.4) is 0 Å². The summed E-state index contributed by atoms with van der Waals surface area (Å²) < 4.78 is 0. The molecule has 118 valence electrons. The van der Waals surface area contributed by atoms with Crippen LogP contribution < -0.4 is 0 Å². The molecule has 0 saturated carbocycles. The molecule has 2 aromatic rings. The van der Waals surface area contributed by atoms with Crippen molar-refractivity contribution in [1.29, 1.82) is 5.41 Å². The molecule has 0 spiro atoms. The van der Waals surface area contributed by atoms with Gasteiger partial charge < -0.3 is 10.0 Å². The molecule has 1 aromatic carbocycles. The van der Waals surface area contributed by atoms with Crippen LogP contribution in [0, 0.1) is 5.41 Å². The number of benzene rings is 1. The maximum Gasteiger partial charge on any atom is 0.135 e. The fraction of sp³-hybridized carbons (Fsp3) is 0.222. The second kappa shape index (κ2) is 6.38. The average Bonchev–Trinajstić information content (AvgIpc) is 3.13. The van der Waals surface area contributed by atoms with E-state index in [0.717, 1.165) is 17.7 Å². The minimum Gasteiger partial charge on any atom is -0.509 e. The van der Waals surface area contributed by atoms with Crippen molar-refractivity contribution < 1.29 is 5.11 Å². The summed E-state index contributed by atoms with van der Waals surface area (Å²) >= 11 is 1.46. The Kier molecular flexibility index (Phi) is 4.30. The Morgan fingerprint density at radius 1 is 1.39 bits per heavy atom.